The van der Waals surface area contributed by atoms with E-state index in [1.54, 1.807) is 0 Å². The lowest BCUT2D eigenvalue weighted by Gasteiger charge is -2.14. The third-order valence-electron chi connectivity index (χ3n) is 3.68. The molecule has 1 amide bonds. The van der Waals surface area contributed by atoms with Crippen molar-refractivity contribution < 1.29 is 9.00 Å². The summed E-state index contributed by atoms with van der Waals surface area (Å²) in [4.78, 5) is 11.8. The van der Waals surface area contributed by atoms with Crippen molar-refractivity contribution in [3.05, 3.63) is 12.7 Å². The van der Waals surface area contributed by atoms with Gasteiger partial charge in [-0.15, -0.1) is 6.58 Å². The summed E-state index contributed by atoms with van der Waals surface area (Å²) in [5.74, 6) is 0.620. The maximum absolute atomic E-state index is 12.1. The zero-order valence-electron chi connectivity index (χ0n) is 11.5. The van der Waals surface area contributed by atoms with Gasteiger partial charge in [0, 0.05) is 5.92 Å². The molecule has 1 N–H and O–H groups in total. The third kappa shape index (κ3) is 4.56. The van der Waals surface area contributed by atoms with Gasteiger partial charge in [-0.25, -0.2) is 4.21 Å². The van der Waals surface area contributed by atoms with Crippen LogP contribution in [0.25, 0.3) is 0 Å². The third-order valence-corrected chi connectivity index (χ3v) is 5.25. The minimum absolute atomic E-state index is 0.0117. The molecule has 0 saturated heterocycles. The van der Waals surface area contributed by atoms with Gasteiger partial charge in [-0.05, 0) is 38.0 Å². The highest BCUT2D eigenvalue weighted by molar-refractivity contribution is 7.84. The summed E-state index contributed by atoms with van der Waals surface area (Å²) in [5.41, 5.74) is 0. The molecule has 1 fully saturated rings. The Morgan fingerprint density at radius 1 is 1.56 bits per heavy atom. The molecule has 1 aliphatic carbocycles. The summed E-state index contributed by atoms with van der Waals surface area (Å²) in [6, 6.07) is 0. The second-order valence-electron chi connectivity index (χ2n) is 5.02. The molecular weight excluding hydrogens is 246 g/mol. The van der Waals surface area contributed by atoms with E-state index in [-0.39, 0.29) is 17.1 Å². The Labute approximate surface area is 113 Å². The number of allylic oxidation sites excluding steroid dienone is 1. The number of carbonyl (C=O) groups is 1. The molecule has 4 atom stereocenters. The second-order valence-corrected chi connectivity index (χ2v) is 6.49. The fraction of sp³-hybridized carbons (Fsp3) is 0.786. The molecule has 0 heterocycles. The van der Waals surface area contributed by atoms with Crippen molar-refractivity contribution in [1.29, 1.82) is 0 Å². The first kappa shape index (κ1) is 15.4. The number of rotatable bonds is 9. The van der Waals surface area contributed by atoms with Crippen LogP contribution < -0.4 is 4.72 Å². The van der Waals surface area contributed by atoms with Gasteiger partial charge in [-0.1, -0.05) is 26.3 Å². The largest absolute Gasteiger partial charge is 0.275 e. The van der Waals surface area contributed by atoms with Gasteiger partial charge in [0.15, 0.2) is 0 Å². The summed E-state index contributed by atoms with van der Waals surface area (Å²) >= 11 is 0. The van der Waals surface area contributed by atoms with Crippen molar-refractivity contribution in [1.82, 2.24) is 4.72 Å². The van der Waals surface area contributed by atoms with Crippen LogP contribution in [0.1, 0.15) is 52.4 Å². The highest BCUT2D eigenvalue weighted by atomic mass is 32.2. The number of carbonyl (C=O) groups excluding carboxylic acids is 1. The molecule has 1 saturated carbocycles. The summed E-state index contributed by atoms with van der Waals surface area (Å²) in [7, 11) is -1.22. The maximum atomic E-state index is 12.1. The molecule has 0 aromatic heterocycles. The topological polar surface area (TPSA) is 46.2 Å². The number of hydrogen-bond acceptors (Lipinski definition) is 2. The fourth-order valence-corrected chi connectivity index (χ4v) is 3.43. The Bertz CT molecular complexity index is 317. The fourth-order valence-electron chi connectivity index (χ4n) is 2.23. The lowest BCUT2D eigenvalue weighted by Crippen LogP contribution is -2.34. The molecule has 104 valence electrons. The van der Waals surface area contributed by atoms with E-state index in [4.69, 9.17) is 0 Å². The first-order valence-corrected chi connectivity index (χ1v) is 8.17. The molecule has 4 unspecified atom stereocenters. The first-order valence-electron chi connectivity index (χ1n) is 6.95. The molecule has 0 bridgehead atoms. The van der Waals surface area contributed by atoms with E-state index in [2.05, 4.69) is 18.2 Å². The number of hydrogen-bond donors (Lipinski definition) is 1. The van der Waals surface area contributed by atoms with Crippen LogP contribution in [0.3, 0.4) is 0 Å². The van der Waals surface area contributed by atoms with Crippen molar-refractivity contribution in [3.63, 3.8) is 0 Å². The van der Waals surface area contributed by atoms with Gasteiger partial charge in [0.25, 0.3) is 0 Å². The molecule has 0 aromatic rings. The van der Waals surface area contributed by atoms with Crippen LogP contribution in [0.15, 0.2) is 12.7 Å². The molecule has 1 aliphatic rings. The highest BCUT2D eigenvalue weighted by Crippen LogP contribution is 2.41. The van der Waals surface area contributed by atoms with Crippen LogP contribution in [-0.4, -0.2) is 15.4 Å². The minimum atomic E-state index is -1.22. The van der Waals surface area contributed by atoms with E-state index in [1.165, 1.54) is 0 Å². The van der Waals surface area contributed by atoms with Gasteiger partial charge < -0.3 is 0 Å². The standard InChI is InChI=1S/C14H25NO2S/c1-4-7-8-9-12(6-3)18(17)15-14(16)13-10-11(13)5-2/h4,11-13H,1,5-10H2,2-3H3,(H,15,16). The maximum Gasteiger partial charge on any atom is 0.235 e. The average Bonchev–Trinajstić information content (AvgIpc) is 3.14. The van der Waals surface area contributed by atoms with Gasteiger partial charge in [-0.2, -0.15) is 0 Å². The zero-order valence-corrected chi connectivity index (χ0v) is 12.3. The summed E-state index contributed by atoms with van der Waals surface area (Å²) in [6.45, 7) is 7.80. The first-order chi connectivity index (χ1) is 8.63. The Balaban J connectivity index is 2.33. The van der Waals surface area contributed by atoms with E-state index < -0.39 is 11.0 Å². The van der Waals surface area contributed by atoms with E-state index in [1.807, 2.05) is 13.0 Å². The second kappa shape index (κ2) is 7.72. The zero-order chi connectivity index (χ0) is 13.5. The van der Waals surface area contributed by atoms with Crippen molar-refractivity contribution in [3.8, 4) is 0 Å². The molecule has 3 nitrogen and oxygen atoms in total. The van der Waals surface area contributed by atoms with E-state index in [9.17, 15) is 9.00 Å². The Kier molecular flexibility index (Phi) is 6.61. The van der Waals surface area contributed by atoms with Crippen molar-refractivity contribution in [2.75, 3.05) is 0 Å². The van der Waals surface area contributed by atoms with Gasteiger partial charge in [0.05, 0.1) is 5.25 Å². The molecule has 0 radical (unpaired) electrons. The minimum Gasteiger partial charge on any atom is -0.275 e. The Hall–Kier alpha value is -0.640. The number of nitrogens with one attached hydrogen (secondary N) is 1. The monoisotopic (exact) mass is 271 g/mol. The van der Waals surface area contributed by atoms with Crippen molar-refractivity contribution in [2.24, 2.45) is 11.8 Å². The summed E-state index contributed by atoms with van der Waals surface area (Å²) in [5, 5.41) is 0.0766. The molecule has 18 heavy (non-hydrogen) atoms. The smallest absolute Gasteiger partial charge is 0.235 e. The van der Waals surface area contributed by atoms with Gasteiger partial charge >= 0.3 is 0 Å². The van der Waals surface area contributed by atoms with Crippen LogP contribution in [-0.2, 0) is 15.8 Å². The Morgan fingerprint density at radius 2 is 2.28 bits per heavy atom. The number of amides is 1. The highest BCUT2D eigenvalue weighted by Gasteiger charge is 2.42. The average molecular weight is 271 g/mol. The predicted octanol–water partition coefficient (Wildman–Crippen LogP) is 2.95. The normalized spacial score (nSPS) is 25.2. The van der Waals surface area contributed by atoms with E-state index >= 15 is 0 Å². The van der Waals surface area contributed by atoms with E-state index in [0.29, 0.717) is 5.92 Å². The van der Waals surface area contributed by atoms with Crippen molar-refractivity contribution >= 4 is 16.9 Å². The quantitative estimate of drug-likeness (QED) is 0.517. The van der Waals surface area contributed by atoms with Gasteiger partial charge in [0.2, 0.25) is 5.91 Å². The lowest BCUT2D eigenvalue weighted by atomic mass is 10.1. The van der Waals surface area contributed by atoms with Gasteiger partial charge in [-0.3, -0.25) is 9.52 Å². The molecule has 0 aliphatic heterocycles. The van der Waals surface area contributed by atoms with Crippen LogP contribution >= 0.6 is 0 Å². The van der Waals surface area contributed by atoms with Gasteiger partial charge in [0.1, 0.15) is 11.0 Å². The van der Waals surface area contributed by atoms with Crippen molar-refractivity contribution in [2.45, 2.75) is 57.6 Å². The molecule has 0 spiro atoms. The molecular formula is C14H25NO2S. The molecule has 0 aromatic carbocycles. The molecule has 1 rings (SSSR count). The predicted molar refractivity (Wildman–Crippen MR) is 76.3 cm³/mol. The molecule has 4 heteroatoms. The SMILES string of the molecule is C=CCCCC(CC)S(=O)NC(=O)C1CC1CC. The summed E-state index contributed by atoms with van der Waals surface area (Å²) < 4.78 is 14.8. The Morgan fingerprint density at radius 3 is 2.78 bits per heavy atom. The number of unbranched alkanes of at least 4 members (excludes halogenated alkanes) is 1. The van der Waals surface area contributed by atoms with Crippen LogP contribution in [0.5, 0.6) is 0 Å². The van der Waals surface area contributed by atoms with Crippen LogP contribution in [0.2, 0.25) is 0 Å². The van der Waals surface area contributed by atoms with Crippen LogP contribution in [0, 0.1) is 11.8 Å². The van der Waals surface area contributed by atoms with E-state index in [0.717, 1.165) is 38.5 Å². The summed E-state index contributed by atoms with van der Waals surface area (Å²) in [6.07, 6.45) is 7.55. The lowest BCUT2D eigenvalue weighted by molar-refractivity contribution is -0.120. The van der Waals surface area contributed by atoms with Crippen LogP contribution in [0.4, 0.5) is 0 Å².